The molecule has 284 valence electrons. The van der Waals surface area contributed by atoms with E-state index >= 15 is 0 Å². The maximum Gasteiger partial charge on any atom is 0.111 e. The van der Waals surface area contributed by atoms with Crippen LogP contribution >= 0.6 is 0 Å². The minimum Gasteiger partial charge on any atom is -0.367 e. The van der Waals surface area contributed by atoms with Gasteiger partial charge in [-0.15, -0.1) is 0 Å². The van der Waals surface area contributed by atoms with Crippen LogP contribution in [0.15, 0.2) is 212 Å². The van der Waals surface area contributed by atoms with Crippen molar-refractivity contribution in [2.75, 3.05) is 6.54 Å². The van der Waals surface area contributed by atoms with Gasteiger partial charge in [-0.3, -0.25) is 20.5 Å². The van der Waals surface area contributed by atoms with Gasteiger partial charge in [0.05, 0.1) is 29.5 Å². The van der Waals surface area contributed by atoms with Gasteiger partial charge in [0.1, 0.15) is 5.82 Å². The number of benzene rings is 8. The highest BCUT2D eigenvalue weighted by atomic mass is 15.4. The molecule has 0 radical (unpaired) electrons. The molecule has 1 fully saturated rings. The van der Waals surface area contributed by atoms with Crippen LogP contribution in [0.5, 0.6) is 0 Å². The largest absolute Gasteiger partial charge is 0.367 e. The van der Waals surface area contributed by atoms with Crippen molar-refractivity contribution in [1.29, 1.82) is 0 Å². The molecule has 59 heavy (non-hydrogen) atoms. The van der Waals surface area contributed by atoms with Crippen molar-refractivity contribution in [3.8, 4) is 33.4 Å². The summed E-state index contributed by atoms with van der Waals surface area (Å²) in [6.07, 6.45) is 4.45. The second-order valence-corrected chi connectivity index (χ2v) is 15.5. The first kappa shape index (κ1) is 35.2. The normalized spacial score (nSPS) is 18.1. The first-order valence-corrected chi connectivity index (χ1v) is 20.5. The van der Waals surface area contributed by atoms with E-state index in [1.807, 2.05) is 0 Å². The van der Waals surface area contributed by atoms with E-state index in [4.69, 9.17) is 0 Å². The minimum absolute atomic E-state index is 0.0224. The van der Waals surface area contributed by atoms with Crippen molar-refractivity contribution in [2.45, 2.75) is 18.5 Å². The van der Waals surface area contributed by atoms with Crippen LogP contribution in [0.1, 0.15) is 23.5 Å². The van der Waals surface area contributed by atoms with Crippen LogP contribution in [0, 0.1) is 0 Å². The Morgan fingerprint density at radius 1 is 0.390 bits per heavy atom. The number of hydrogen-bond donors (Lipinski definition) is 4. The van der Waals surface area contributed by atoms with E-state index in [0.717, 1.165) is 5.82 Å². The fourth-order valence-electron chi connectivity index (χ4n) is 9.00. The van der Waals surface area contributed by atoms with Crippen LogP contribution < -0.4 is 21.3 Å². The molecule has 2 aliphatic heterocycles. The van der Waals surface area contributed by atoms with Gasteiger partial charge in [0.15, 0.2) is 0 Å². The molecule has 2 unspecified atom stereocenters. The summed E-state index contributed by atoms with van der Waals surface area (Å²) < 4.78 is 2.43. The highest BCUT2D eigenvalue weighted by Crippen LogP contribution is 2.40. The fourth-order valence-corrected chi connectivity index (χ4v) is 9.00. The van der Waals surface area contributed by atoms with Crippen molar-refractivity contribution in [2.24, 2.45) is 0 Å². The maximum absolute atomic E-state index is 3.89. The summed E-state index contributed by atoms with van der Waals surface area (Å²) in [5.74, 6) is 1.05. The Balaban J connectivity index is 1.04. The van der Waals surface area contributed by atoms with Crippen LogP contribution in [-0.4, -0.2) is 17.3 Å². The SMILES string of the molecule is C1=C(C2NC(c3ccccc3)NC(c3ccccc3)N2)CNC(n2c3cc(-c4cc(-c5ccccc5)cc(-c5ccccc5)c4)ccc3c3c4ccccc4ccc32)=C1. The molecular formula is C54H43N5. The zero-order valence-corrected chi connectivity index (χ0v) is 32.5. The fraction of sp³-hybridized carbons (Fsp3) is 0.0741. The molecule has 4 N–H and O–H groups in total. The summed E-state index contributed by atoms with van der Waals surface area (Å²) in [7, 11) is 0. The summed E-state index contributed by atoms with van der Waals surface area (Å²) in [5.41, 5.74) is 13.2. The van der Waals surface area contributed by atoms with Gasteiger partial charge in [-0.05, 0) is 97.3 Å². The Hall–Kier alpha value is -7.02. The minimum atomic E-state index is -0.0543. The molecule has 0 saturated carbocycles. The third-order valence-corrected chi connectivity index (χ3v) is 11.9. The number of aromatic nitrogens is 1. The van der Waals surface area contributed by atoms with Crippen molar-refractivity contribution in [3.05, 3.63) is 223 Å². The molecule has 3 heterocycles. The highest BCUT2D eigenvalue weighted by molar-refractivity contribution is 6.22. The summed E-state index contributed by atoms with van der Waals surface area (Å²) in [6, 6.07) is 70.0. The van der Waals surface area contributed by atoms with Gasteiger partial charge in [0.2, 0.25) is 0 Å². The van der Waals surface area contributed by atoms with Crippen molar-refractivity contribution in [1.82, 2.24) is 25.8 Å². The number of fused-ring (bicyclic) bond motifs is 5. The van der Waals surface area contributed by atoms with Gasteiger partial charge in [0, 0.05) is 17.3 Å². The van der Waals surface area contributed by atoms with Gasteiger partial charge >= 0.3 is 0 Å². The number of rotatable bonds is 7. The second-order valence-electron chi connectivity index (χ2n) is 15.5. The number of hydrogen-bond acceptors (Lipinski definition) is 4. The number of dihydropyridines is 1. The summed E-state index contributed by atoms with van der Waals surface area (Å²) in [6.45, 7) is 0.688. The quantitative estimate of drug-likeness (QED) is 0.131. The number of allylic oxidation sites excluding steroid dienone is 2. The van der Waals surface area contributed by atoms with E-state index in [1.54, 1.807) is 0 Å². The lowest BCUT2D eigenvalue weighted by Gasteiger charge is -2.41. The molecule has 9 aromatic rings. The van der Waals surface area contributed by atoms with Gasteiger partial charge < -0.3 is 5.32 Å². The predicted octanol–water partition coefficient (Wildman–Crippen LogP) is 11.8. The molecule has 0 spiro atoms. The van der Waals surface area contributed by atoms with Crippen molar-refractivity contribution < 1.29 is 0 Å². The van der Waals surface area contributed by atoms with Gasteiger partial charge in [-0.1, -0.05) is 170 Å². The third-order valence-electron chi connectivity index (χ3n) is 11.9. The average Bonchev–Trinajstić information content (AvgIpc) is 3.66. The molecule has 5 nitrogen and oxygen atoms in total. The monoisotopic (exact) mass is 761 g/mol. The standard InChI is InChI=1S/C54H43N5/c1-5-15-36(16-6-1)43-31-44(37-17-7-2-8-18-37)33-45(32-43)41-25-28-47-49(34-41)59(48-29-26-38-19-13-14-24-46(38)51(47)48)50-30-27-42(35-55-50)54-57-52(39-20-9-3-10-21-39)56-53(58-54)40-22-11-4-12-23-40/h1-34,52-58H,35H2. The molecule has 2 aliphatic rings. The first-order chi connectivity index (χ1) is 29.2. The molecular weight excluding hydrogens is 719 g/mol. The summed E-state index contributed by atoms with van der Waals surface area (Å²) >= 11 is 0. The zero-order valence-electron chi connectivity index (χ0n) is 32.5. The van der Waals surface area contributed by atoms with Gasteiger partial charge in [0.25, 0.3) is 0 Å². The second kappa shape index (κ2) is 15.1. The molecule has 8 aromatic carbocycles. The van der Waals surface area contributed by atoms with Crippen LogP contribution in [0.3, 0.4) is 0 Å². The van der Waals surface area contributed by atoms with E-state index in [2.05, 4.69) is 232 Å². The van der Waals surface area contributed by atoms with Crippen LogP contribution in [0.4, 0.5) is 0 Å². The zero-order chi connectivity index (χ0) is 39.1. The van der Waals surface area contributed by atoms with E-state index < -0.39 is 0 Å². The average molecular weight is 762 g/mol. The molecule has 1 aromatic heterocycles. The number of nitrogens with one attached hydrogen (secondary N) is 4. The summed E-state index contributed by atoms with van der Waals surface area (Å²) in [5, 5.41) is 20.4. The first-order valence-electron chi connectivity index (χ1n) is 20.5. The van der Waals surface area contributed by atoms with E-state index in [9.17, 15) is 0 Å². The molecule has 5 heteroatoms. The Kier molecular flexibility index (Phi) is 8.97. The molecule has 0 bridgehead atoms. The lowest BCUT2D eigenvalue weighted by atomic mass is 9.93. The smallest absolute Gasteiger partial charge is 0.111 e. The van der Waals surface area contributed by atoms with E-state index in [0.29, 0.717) is 6.54 Å². The van der Waals surface area contributed by atoms with Crippen LogP contribution in [-0.2, 0) is 0 Å². The molecule has 0 amide bonds. The number of nitrogens with zero attached hydrogens (tertiary/aromatic N) is 1. The topological polar surface area (TPSA) is 53.0 Å². The Bertz CT molecular complexity index is 2920. The predicted molar refractivity (Wildman–Crippen MR) is 245 cm³/mol. The van der Waals surface area contributed by atoms with Crippen molar-refractivity contribution in [3.63, 3.8) is 0 Å². The van der Waals surface area contributed by atoms with Crippen molar-refractivity contribution >= 4 is 38.4 Å². The van der Waals surface area contributed by atoms with Crippen LogP contribution in [0.25, 0.3) is 71.8 Å². The Morgan fingerprint density at radius 3 is 1.53 bits per heavy atom. The molecule has 2 atom stereocenters. The molecule has 11 rings (SSSR count). The van der Waals surface area contributed by atoms with Gasteiger partial charge in [-0.2, -0.15) is 0 Å². The molecule has 1 saturated heterocycles. The van der Waals surface area contributed by atoms with E-state index in [1.165, 1.54) is 82.7 Å². The van der Waals surface area contributed by atoms with Crippen LogP contribution in [0.2, 0.25) is 0 Å². The molecule has 0 aliphatic carbocycles. The third kappa shape index (κ3) is 6.61. The van der Waals surface area contributed by atoms with E-state index in [-0.39, 0.29) is 18.5 Å². The lowest BCUT2D eigenvalue weighted by molar-refractivity contribution is 0.220. The maximum atomic E-state index is 3.89. The Morgan fingerprint density at radius 2 is 0.932 bits per heavy atom. The summed E-state index contributed by atoms with van der Waals surface area (Å²) in [4.78, 5) is 0. The van der Waals surface area contributed by atoms with Gasteiger partial charge in [-0.25, -0.2) is 0 Å². The highest BCUT2D eigenvalue weighted by Gasteiger charge is 2.31. The Labute approximate surface area is 344 Å². The lowest BCUT2D eigenvalue weighted by Crippen LogP contribution is -2.60.